The number of hydrogen-bond donors (Lipinski definition) is 1. The molecule has 0 spiro atoms. The van der Waals surface area contributed by atoms with Crippen molar-refractivity contribution in [1.29, 1.82) is 0 Å². The van der Waals surface area contributed by atoms with E-state index in [9.17, 15) is 19.2 Å². The molecule has 3 amide bonds. The lowest BCUT2D eigenvalue weighted by molar-refractivity contribution is -0.148. The molecule has 1 aliphatic heterocycles. The fraction of sp³-hybridized carbons (Fsp3) is 0.480. The van der Waals surface area contributed by atoms with Crippen LogP contribution in [0.1, 0.15) is 59.6 Å². The number of hydrogen-bond acceptors (Lipinski definition) is 7. The van der Waals surface area contributed by atoms with Crippen LogP contribution in [0.15, 0.2) is 34.9 Å². The normalized spacial score (nSPS) is 14.8. The fourth-order valence-corrected chi connectivity index (χ4v) is 4.27. The zero-order chi connectivity index (χ0) is 25.5. The first-order valence-corrected chi connectivity index (χ1v) is 11.6. The summed E-state index contributed by atoms with van der Waals surface area (Å²) in [5, 5.41) is 2.47. The van der Waals surface area contributed by atoms with Gasteiger partial charge in [-0.3, -0.25) is 19.4 Å². The number of amides is 3. The molecule has 1 unspecified atom stereocenters. The highest BCUT2D eigenvalue weighted by Gasteiger charge is 2.31. The molecule has 2 aromatic heterocycles. The van der Waals surface area contributed by atoms with Crippen LogP contribution < -0.4 is 5.32 Å². The Morgan fingerprint density at radius 3 is 2.54 bits per heavy atom. The molecular formula is C25H32N4O6. The SMILES string of the molecule is COC(=O)C(CC(=O)N1CCC(c2nc(C)ccc2C(=O)N(C)Cc2ccco2)CC1)NC(C)=O. The third-order valence-electron chi connectivity index (χ3n) is 6.09. The number of ether oxygens (including phenoxy) is 1. The molecule has 2 aromatic rings. The molecule has 1 atom stereocenters. The van der Waals surface area contributed by atoms with Gasteiger partial charge in [0, 0.05) is 38.7 Å². The van der Waals surface area contributed by atoms with E-state index in [1.165, 1.54) is 14.0 Å². The number of furan rings is 1. The number of rotatable bonds is 8. The molecule has 10 nitrogen and oxygen atoms in total. The van der Waals surface area contributed by atoms with Crippen molar-refractivity contribution < 1.29 is 28.3 Å². The third kappa shape index (κ3) is 6.68. The number of methoxy groups -OCH3 is 1. The first kappa shape index (κ1) is 25.9. The first-order chi connectivity index (χ1) is 16.7. The highest BCUT2D eigenvalue weighted by atomic mass is 16.5. The Morgan fingerprint density at radius 1 is 1.23 bits per heavy atom. The summed E-state index contributed by atoms with van der Waals surface area (Å²) >= 11 is 0. The molecule has 1 N–H and O–H groups in total. The number of piperidine rings is 1. The van der Waals surface area contributed by atoms with Gasteiger partial charge in [0.15, 0.2) is 0 Å². The fourth-order valence-electron chi connectivity index (χ4n) is 4.27. The third-order valence-corrected chi connectivity index (χ3v) is 6.09. The molecule has 0 saturated carbocycles. The largest absolute Gasteiger partial charge is 0.467 e. The van der Waals surface area contributed by atoms with Crippen LogP contribution in [0.25, 0.3) is 0 Å². The lowest BCUT2D eigenvalue weighted by atomic mass is 9.89. The van der Waals surface area contributed by atoms with E-state index in [1.807, 2.05) is 25.1 Å². The van der Waals surface area contributed by atoms with E-state index in [0.29, 0.717) is 43.8 Å². The summed E-state index contributed by atoms with van der Waals surface area (Å²) in [5.74, 6) is -0.737. The summed E-state index contributed by atoms with van der Waals surface area (Å²) in [7, 11) is 2.94. The number of aryl methyl sites for hydroxylation is 1. The minimum Gasteiger partial charge on any atom is -0.467 e. The summed E-state index contributed by atoms with van der Waals surface area (Å²) < 4.78 is 10.1. The minimum absolute atomic E-state index is 0.0154. The number of likely N-dealkylation sites (tertiary alicyclic amines) is 1. The molecule has 35 heavy (non-hydrogen) atoms. The predicted molar refractivity (Wildman–Crippen MR) is 126 cm³/mol. The van der Waals surface area contributed by atoms with E-state index >= 15 is 0 Å². The maximum Gasteiger partial charge on any atom is 0.328 e. The van der Waals surface area contributed by atoms with Crippen LogP contribution in [0.3, 0.4) is 0 Å². The Labute approximate surface area is 204 Å². The van der Waals surface area contributed by atoms with Crippen LogP contribution >= 0.6 is 0 Å². The average molecular weight is 485 g/mol. The molecule has 10 heteroatoms. The number of nitrogens with zero attached hydrogens (tertiary/aromatic N) is 3. The first-order valence-electron chi connectivity index (χ1n) is 11.6. The number of esters is 1. The lowest BCUT2D eigenvalue weighted by Crippen LogP contribution is -2.46. The second-order valence-electron chi connectivity index (χ2n) is 8.76. The molecule has 3 heterocycles. The van der Waals surface area contributed by atoms with Crippen LogP contribution in [0, 0.1) is 6.92 Å². The molecule has 0 radical (unpaired) electrons. The van der Waals surface area contributed by atoms with Gasteiger partial charge in [0.25, 0.3) is 5.91 Å². The van der Waals surface area contributed by atoms with Gasteiger partial charge in [-0.1, -0.05) is 0 Å². The quantitative estimate of drug-likeness (QED) is 0.569. The standard InChI is InChI=1S/C25H32N4O6/c1-16-7-8-20(24(32)28(3)15-19-6-5-13-35-19)23(26-16)18-9-11-29(12-10-18)22(31)14-21(25(33)34-4)27-17(2)30/h5-8,13,18,21H,9-12,14-15H2,1-4H3,(H,27,30). The number of pyridine rings is 1. The Bertz CT molecular complexity index is 1060. The summed E-state index contributed by atoms with van der Waals surface area (Å²) in [6.45, 7) is 4.44. The molecule has 0 aromatic carbocycles. The van der Waals surface area contributed by atoms with Crippen LogP contribution in [-0.2, 0) is 25.7 Å². The Balaban J connectivity index is 1.67. The van der Waals surface area contributed by atoms with E-state index in [-0.39, 0.29) is 24.2 Å². The van der Waals surface area contributed by atoms with Crippen LogP contribution in [0.5, 0.6) is 0 Å². The smallest absolute Gasteiger partial charge is 0.328 e. The van der Waals surface area contributed by atoms with Gasteiger partial charge < -0.3 is 24.3 Å². The van der Waals surface area contributed by atoms with Crippen molar-refractivity contribution in [2.45, 2.75) is 51.6 Å². The highest BCUT2D eigenvalue weighted by molar-refractivity contribution is 5.95. The zero-order valence-electron chi connectivity index (χ0n) is 20.6. The molecule has 1 aliphatic rings. The molecular weight excluding hydrogens is 452 g/mol. The summed E-state index contributed by atoms with van der Waals surface area (Å²) in [6.07, 6.45) is 2.67. The molecule has 1 fully saturated rings. The average Bonchev–Trinajstić information content (AvgIpc) is 3.35. The molecule has 3 rings (SSSR count). The number of carbonyl (C=O) groups excluding carboxylic acids is 4. The van der Waals surface area contributed by atoms with E-state index in [2.05, 4.69) is 5.32 Å². The molecule has 0 aliphatic carbocycles. The van der Waals surface area contributed by atoms with Gasteiger partial charge in [-0.2, -0.15) is 0 Å². The van der Waals surface area contributed by atoms with Gasteiger partial charge >= 0.3 is 5.97 Å². The van der Waals surface area contributed by atoms with Gasteiger partial charge in [-0.05, 0) is 44.0 Å². The number of nitrogens with one attached hydrogen (secondary N) is 1. The molecule has 0 bridgehead atoms. The molecule has 188 valence electrons. The van der Waals surface area contributed by atoms with Gasteiger partial charge in [-0.15, -0.1) is 0 Å². The Morgan fingerprint density at radius 2 is 1.94 bits per heavy atom. The minimum atomic E-state index is -1.02. The Kier molecular flexibility index (Phi) is 8.62. The van der Waals surface area contributed by atoms with Crippen molar-refractivity contribution in [1.82, 2.24) is 20.1 Å². The van der Waals surface area contributed by atoms with Crippen LogP contribution in [0.4, 0.5) is 0 Å². The van der Waals surface area contributed by atoms with Crippen molar-refractivity contribution in [3.63, 3.8) is 0 Å². The van der Waals surface area contributed by atoms with Gasteiger partial charge in [0.2, 0.25) is 11.8 Å². The number of aromatic nitrogens is 1. The second kappa shape index (κ2) is 11.6. The summed E-state index contributed by atoms with van der Waals surface area (Å²) in [5.41, 5.74) is 2.10. The van der Waals surface area contributed by atoms with E-state index in [4.69, 9.17) is 14.1 Å². The Hall–Kier alpha value is -3.69. The number of carbonyl (C=O) groups is 4. The zero-order valence-corrected chi connectivity index (χ0v) is 20.6. The van der Waals surface area contributed by atoms with Gasteiger partial charge in [0.05, 0.1) is 37.6 Å². The monoisotopic (exact) mass is 484 g/mol. The van der Waals surface area contributed by atoms with E-state index < -0.39 is 17.9 Å². The lowest BCUT2D eigenvalue weighted by Gasteiger charge is -2.33. The van der Waals surface area contributed by atoms with Crippen molar-refractivity contribution in [2.24, 2.45) is 0 Å². The topological polar surface area (TPSA) is 122 Å². The van der Waals surface area contributed by atoms with Gasteiger partial charge in [0.1, 0.15) is 11.8 Å². The predicted octanol–water partition coefficient (Wildman–Crippen LogP) is 2.03. The summed E-state index contributed by atoms with van der Waals surface area (Å²) in [4.78, 5) is 57.3. The maximum atomic E-state index is 13.2. The van der Waals surface area contributed by atoms with Crippen molar-refractivity contribution >= 4 is 23.7 Å². The second-order valence-corrected chi connectivity index (χ2v) is 8.76. The molecule has 1 saturated heterocycles. The van der Waals surface area contributed by atoms with Crippen molar-refractivity contribution in [3.8, 4) is 0 Å². The van der Waals surface area contributed by atoms with Gasteiger partial charge in [-0.25, -0.2) is 4.79 Å². The van der Waals surface area contributed by atoms with Crippen LogP contribution in [-0.4, -0.2) is 71.8 Å². The van der Waals surface area contributed by atoms with Crippen molar-refractivity contribution in [3.05, 3.63) is 53.2 Å². The summed E-state index contributed by atoms with van der Waals surface area (Å²) in [6, 6.07) is 6.22. The van der Waals surface area contributed by atoms with Crippen LogP contribution in [0.2, 0.25) is 0 Å². The van der Waals surface area contributed by atoms with Crippen molar-refractivity contribution in [2.75, 3.05) is 27.2 Å². The van der Waals surface area contributed by atoms with E-state index in [1.54, 1.807) is 29.2 Å². The maximum absolute atomic E-state index is 13.2. The highest BCUT2D eigenvalue weighted by Crippen LogP contribution is 2.30. The van der Waals surface area contributed by atoms with E-state index in [0.717, 1.165) is 11.4 Å².